The molecule has 20 nitrogen and oxygen atoms in total. The van der Waals surface area contributed by atoms with Crippen molar-refractivity contribution in [1.82, 2.24) is 0 Å². The van der Waals surface area contributed by atoms with Crippen molar-refractivity contribution in [3.05, 3.63) is 264 Å². The summed E-state index contributed by atoms with van der Waals surface area (Å²) in [6.07, 6.45) is -8.46. The molecule has 3 unspecified atom stereocenters. The summed E-state index contributed by atoms with van der Waals surface area (Å²) in [6.45, 7) is 12.5. The van der Waals surface area contributed by atoms with Crippen LogP contribution in [0.25, 0.3) is 0 Å². The normalized spacial score (nSPS) is 33.1. The molecule has 9 aliphatic rings. The van der Waals surface area contributed by atoms with E-state index in [4.69, 9.17) is 101 Å². The lowest BCUT2D eigenvalue weighted by Gasteiger charge is -2.50. The van der Waals surface area contributed by atoms with E-state index in [1.807, 2.05) is 142 Å². The van der Waals surface area contributed by atoms with Crippen LogP contribution in [0.4, 0.5) is 0 Å². The summed E-state index contributed by atoms with van der Waals surface area (Å²) in [5, 5.41) is 65.8. The lowest BCUT2D eigenvalue weighted by Crippen LogP contribution is -2.66. The lowest BCUT2D eigenvalue weighted by atomic mass is 9.76. The van der Waals surface area contributed by atoms with E-state index in [0.717, 1.165) is 67.3 Å². The molecule has 0 saturated carbocycles. The zero-order chi connectivity index (χ0) is 74.5. The minimum atomic E-state index is -1.61. The molecule has 18 atom stereocenters. The van der Waals surface area contributed by atoms with Gasteiger partial charge in [-0.1, -0.05) is 157 Å². The van der Waals surface area contributed by atoms with Crippen LogP contribution >= 0.6 is 34.8 Å². The maximum absolute atomic E-state index is 10.8. The van der Waals surface area contributed by atoms with Crippen molar-refractivity contribution in [3.63, 3.8) is 0 Å². The fourth-order valence-corrected chi connectivity index (χ4v) is 16.4. The topological polar surface area (TPSA) is 260 Å². The average Bonchev–Trinajstić information content (AvgIpc) is 1.55. The highest BCUT2D eigenvalue weighted by Gasteiger charge is 2.75. The first kappa shape index (κ1) is 75.7. The van der Waals surface area contributed by atoms with Gasteiger partial charge in [-0.25, -0.2) is 0 Å². The zero-order valence-corrected chi connectivity index (χ0v) is 62.0. The smallest absolute Gasteiger partial charge is 0.225 e. The Morgan fingerprint density at radius 1 is 0.383 bits per heavy atom. The van der Waals surface area contributed by atoms with Crippen molar-refractivity contribution < 1.29 is 97.0 Å². The molecule has 9 saturated heterocycles. The van der Waals surface area contributed by atoms with Crippen molar-refractivity contribution >= 4 is 34.8 Å². The summed E-state index contributed by atoms with van der Waals surface area (Å²) in [6, 6.07) is 60.6. The van der Waals surface area contributed by atoms with Crippen molar-refractivity contribution in [2.24, 2.45) is 5.92 Å². The van der Waals surface area contributed by atoms with Crippen LogP contribution < -0.4 is 14.2 Å². The third-order valence-corrected chi connectivity index (χ3v) is 23.1. The van der Waals surface area contributed by atoms with E-state index in [9.17, 15) is 30.6 Å². The average molecular weight is 1520 g/mol. The predicted molar refractivity (Wildman–Crippen MR) is 394 cm³/mol. The molecule has 9 heterocycles. The van der Waals surface area contributed by atoms with Gasteiger partial charge in [0.1, 0.15) is 83.9 Å². The standard InChI is InChI=1S/C38H39ClO6.2C23H25ClO7/c1-3-40-32-17-14-27(15-18-32)20-30-21-31(16-19-33(30)39)38-36(43-23-29-12-8-5-9-13-29)35(42-22-28-10-6-4-7-11-28)26(2)37(45-38,25-44-38)34-24-41-34;2*1-2-28-16-6-3-13(4-7-16)9-14-10-15(5-8-17(14)24)23-21(27)19(25)20(26)22(31-23,12-30-23)18-11-29-18/h4-19,21,26,34-36H,3,20,22-25H2,1-2H3;2*3-8,10,18-21,25-27H,2,9,11-12H2,1H3/t26-,34?,35-,36+,37-,38-;2*18?,19-,20-,21+,22+,23-/m000/s1. The van der Waals surface area contributed by atoms with Crippen LogP contribution in [0.3, 0.4) is 0 Å². The molecule has 23 heteroatoms. The quantitative estimate of drug-likeness (QED) is 0.0307. The van der Waals surface area contributed by atoms with Gasteiger partial charge in [-0.3, -0.25) is 0 Å². The van der Waals surface area contributed by atoms with Gasteiger partial charge < -0.3 is 97.0 Å². The van der Waals surface area contributed by atoms with Gasteiger partial charge in [-0.05, 0) is 157 Å². The monoisotopic (exact) mass is 1520 g/mol. The molecule has 9 fully saturated rings. The van der Waals surface area contributed by atoms with E-state index in [1.165, 1.54) is 0 Å². The molecule has 0 aliphatic carbocycles. The fraction of sp³-hybridized carbons (Fsp3) is 0.429. The van der Waals surface area contributed by atoms with E-state index in [0.29, 0.717) is 105 Å². The second kappa shape index (κ2) is 31.3. The zero-order valence-electron chi connectivity index (χ0n) is 59.8. The van der Waals surface area contributed by atoms with Gasteiger partial charge in [0.25, 0.3) is 0 Å². The summed E-state index contributed by atoms with van der Waals surface area (Å²) in [5.74, 6) is -2.04. The van der Waals surface area contributed by atoms with E-state index in [1.54, 1.807) is 24.3 Å². The van der Waals surface area contributed by atoms with Crippen LogP contribution in [-0.4, -0.2) is 174 Å². The minimum Gasteiger partial charge on any atom is -0.494 e. The Hall–Kier alpha value is -6.65. The highest BCUT2D eigenvalue weighted by molar-refractivity contribution is 6.32. The summed E-state index contributed by atoms with van der Waals surface area (Å²) in [5.41, 5.74) is 6.79. The van der Waals surface area contributed by atoms with Gasteiger partial charge in [-0.15, -0.1) is 0 Å². The number of aliphatic hydroxyl groups is 6. The largest absolute Gasteiger partial charge is 0.494 e. The number of ether oxygens (including phenoxy) is 14. The van der Waals surface area contributed by atoms with E-state index in [-0.39, 0.29) is 43.5 Å². The molecule has 566 valence electrons. The Kier molecular flexibility index (Phi) is 22.1. The third kappa shape index (κ3) is 14.7. The van der Waals surface area contributed by atoms with E-state index >= 15 is 0 Å². The Bertz CT molecular complexity index is 4210. The first-order valence-corrected chi connectivity index (χ1v) is 37.7. The predicted octanol–water partition coefficient (Wildman–Crippen LogP) is 11.0. The molecular weight excluding hydrogens is 1440 g/mol. The van der Waals surface area contributed by atoms with Gasteiger partial charge in [0.15, 0.2) is 11.2 Å². The number of fused-ring (bicyclic) bond motifs is 6. The maximum Gasteiger partial charge on any atom is 0.225 e. The molecule has 9 aliphatic heterocycles. The van der Waals surface area contributed by atoms with Gasteiger partial charge in [0.2, 0.25) is 17.4 Å². The number of epoxide rings is 3. The molecule has 0 radical (unpaired) electrons. The van der Waals surface area contributed by atoms with Crippen LogP contribution in [-0.2, 0) is 102 Å². The number of benzene rings is 8. The summed E-state index contributed by atoms with van der Waals surface area (Å²) in [4.78, 5) is 0. The van der Waals surface area contributed by atoms with Gasteiger partial charge >= 0.3 is 0 Å². The molecule has 8 aromatic carbocycles. The molecule has 0 spiro atoms. The molecule has 6 bridgehead atoms. The minimum absolute atomic E-state index is 0.00377. The molecule has 8 aromatic rings. The molecule has 107 heavy (non-hydrogen) atoms. The highest BCUT2D eigenvalue weighted by Crippen LogP contribution is 2.59. The van der Waals surface area contributed by atoms with Crippen molar-refractivity contribution in [3.8, 4) is 17.2 Å². The van der Waals surface area contributed by atoms with Crippen molar-refractivity contribution in [2.45, 2.75) is 161 Å². The first-order valence-electron chi connectivity index (χ1n) is 36.6. The van der Waals surface area contributed by atoms with Crippen molar-refractivity contribution in [2.75, 3.05) is 59.5 Å². The fourth-order valence-electron chi connectivity index (χ4n) is 15.8. The third-order valence-electron chi connectivity index (χ3n) is 22.0. The van der Waals surface area contributed by atoms with Crippen LogP contribution in [0.15, 0.2) is 188 Å². The first-order chi connectivity index (χ1) is 51.8. The van der Waals surface area contributed by atoms with Crippen molar-refractivity contribution in [1.29, 1.82) is 0 Å². The summed E-state index contributed by atoms with van der Waals surface area (Å²) in [7, 11) is 0. The summed E-state index contributed by atoms with van der Waals surface area (Å²) < 4.78 is 85.2. The Labute approximate surface area is 636 Å². The van der Waals surface area contributed by atoms with Gasteiger partial charge in [0, 0.05) is 37.7 Å². The molecule has 0 aromatic heterocycles. The Morgan fingerprint density at radius 3 is 1.07 bits per heavy atom. The van der Waals surface area contributed by atoms with Crippen LogP contribution in [0, 0.1) is 5.92 Å². The molecule has 0 amide bonds. The van der Waals surface area contributed by atoms with Gasteiger partial charge in [0.05, 0.1) is 78.8 Å². The number of hydrogen-bond acceptors (Lipinski definition) is 20. The van der Waals surface area contributed by atoms with Crippen LogP contribution in [0.2, 0.25) is 15.1 Å². The number of halogens is 3. The second-order valence-electron chi connectivity index (χ2n) is 28.7. The SMILES string of the molecule is CCOc1ccc(Cc2cc([C@]34OC[C@](C5CO5)(O3)[C@@H](C)[C@H](OCc3ccccc3)[C@H]4OCc3ccccc3)ccc2Cl)cc1.CCOc1ccc(Cc2cc([C@]34OC[C@](C5CO5)(O3)[C@@H](O)[C@H](O)[C@H]4O)ccc2Cl)cc1.CCOc1ccc(Cc2cc([C@]34OC[C@](C5CO5)(O3)[C@@H](O)[C@H](O)[C@H]4O)ccc2Cl)cc1. The van der Waals surface area contributed by atoms with E-state index < -0.39 is 76.9 Å². The number of rotatable bonds is 24. The van der Waals surface area contributed by atoms with E-state index in [2.05, 4.69) is 49.4 Å². The maximum atomic E-state index is 10.8. The molecular formula is C84H89Cl3O20. The lowest BCUT2D eigenvalue weighted by molar-refractivity contribution is -0.335. The van der Waals surface area contributed by atoms with Crippen LogP contribution in [0.5, 0.6) is 17.2 Å². The second-order valence-corrected chi connectivity index (χ2v) is 29.9. The Morgan fingerprint density at radius 2 is 0.710 bits per heavy atom. The highest BCUT2D eigenvalue weighted by atomic mass is 35.5. The molecule has 6 N–H and O–H groups in total. The molecule has 17 rings (SSSR count). The Balaban J connectivity index is 0.000000132. The van der Waals surface area contributed by atoms with Crippen LogP contribution in [0.1, 0.15) is 88.9 Å². The number of aliphatic hydroxyl groups excluding tert-OH is 6. The van der Waals surface area contributed by atoms with Gasteiger partial charge in [-0.2, -0.15) is 0 Å². The summed E-state index contributed by atoms with van der Waals surface area (Å²) >= 11 is 19.7. The number of hydrogen-bond donors (Lipinski definition) is 6.